The van der Waals surface area contributed by atoms with Crippen molar-refractivity contribution in [2.45, 2.75) is 37.6 Å². The van der Waals surface area contributed by atoms with Gasteiger partial charge in [0.2, 0.25) is 6.29 Å². The van der Waals surface area contributed by atoms with Crippen LogP contribution in [-0.4, -0.2) is 94.8 Å². The molecule has 0 aromatic heterocycles. The summed E-state index contributed by atoms with van der Waals surface area (Å²) in [6.07, 6.45) is -6.72. The zero-order valence-electron chi connectivity index (χ0n) is 18.3. The minimum Gasteiger partial charge on any atom is -0.462 e. The average molecular weight is 459 g/mol. The molecule has 2 aromatic carbocycles. The molecule has 0 saturated carbocycles. The van der Waals surface area contributed by atoms with Crippen molar-refractivity contribution in [1.82, 2.24) is 4.90 Å². The number of ether oxygens (including phenoxy) is 3. The Hall–Kier alpha value is -2.53. The van der Waals surface area contributed by atoms with E-state index in [-0.39, 0.29) is 5.91 Å². The number of aliphatic hydroxyl groups is 4. The fraction of sp³-hybridized carbons (Fsp3) is 0.458. The van der Waals surface area contributed by atoms with E-state index in [0.717, 1.165) is 16.7 Å². The van der Waals surface area contributed by atoms with Crippen LogP contribution >= 0.6 is 0 Å². The second-order valence-corrected chi connectivity index (χ2v) is 8.28. The van der Waals surface area contributed by atoms with Crippen molar-refractivity contribution in [3.05, 3.63) is 53.6 Å². The minimum atomic E-state index is -1.51. The molecule has 2 saturated heterocycles. The molecule has 5 atom stereocenters. The van der Waals surface area contributed by atoms with Crippen molar-refractivity contribution < 1.29 is 39.4 Å². The average Bonchev–Trinajstić information content (AvgIpc) is 2.85. The van der Waals surface area contributed by atoms with Gasteiger partial charge in [0.05, 0.1) is 19.8 Å². The first-order valence-electron chi connectivity index (χ1n) is 10.9. The van der Waals surface area contributed by atoms with Gasteiger partial charge in [-0.3, -0.25) is 4.79 Å². The van der Waals surface area contributed by atoms with E-state index in [1.165, 1.54) is 0 Å². The van der Waals surface area contributed by atoms with Gasteiger partial charge >= 0.3 is 0 Å². The number of hydrogen-bond acceptors (Lipinski definition) is 8. The third-order valence-corrected chi connectivity index (χ3v) is 6.01. The highest BCUT2D eigenvalue weighted by Crippen LogP contribution is 2.30. The molecule has 2 heterocycles. The summed E-state index contributed by atoms with van der Waals surface area (Å²) in [7, 11) is 0. The van der Waals surface area contributed by atoms with Crippen LogP contribution in [0.4, 0.5) is 0 Å². The maximum atomic E-state index is 12.8. The highest BCUT2D eigenvalue weighted by atomic mass is 16.7. The fourth-order valence-electron chi connectivity index (χ4n) is 4.03. The summed E-state index contributed by atoms with van der Waals surface area (Å²) in [5.41, 5.74) is 3.10. The van der Waals surface area contributed by atoms with E-state index in [4.69, 9.17) is 14.2 Å². The Labute approximate surface area is 191 Å². The lowest BCUT2D eigenvalue weighted by Crippen LogP contribution is -2.60. The first-order valence-corrected chi connectivity index (χ1v) is 10.9. The SMILES string of the molecule is Cc1cc(-c2cccc(C(=O)N3CCOCC3)c2)ccc1O[C@H]1O[C@H](CO)[C@@H](O)[C@H](O)[C@@H]1O. The van der Waals surface area contributed by atoms with Crippen LogP contribution in [0.2, 0.25) is 0 Å². The molecule has 1 amide bonds. The maximum absolute atomic E-state index is 12.8. The third kappa shape index (κ3) is 5.03. The lowest BCUT2D eigenvalue weighted by atomic mass is 9.99. The van der Waals surface area contributed by atoms with Gasteiger partial charge in [-0.05, 0) is 47.9 Å². The number of carbonyl (C=O) groups is 1. The summed E-state index contributed by atoms with van der Waals surface area (Å²) in [5.74, 6) is 0.392. The predicted octanol–water partition coefficient (Wildman–Crippen LogP) is 0.313. The van der Waals surface area contributed by atoms with E-state index in [1.807, 2.05) is 37.3 Å². The topological polar surface area (TPSA) is 129 Å². The number of aryl methyl sites for hydroxylation is 1. The molecule has 2 aromatic rings. The molecular weight excluding hydrogens is 430 g/mol. The zero-order valence-corrected chi connectivity index (χ0v) is 18.3. The lowest BCUT2D eigenvalue weighted by Gasteiger charge is -2.39. The highest BCUT2D eigenvalue weighted by Gasteiger charge is 2.44. The van der Waals surface area contributed by atoms with Crippen LogP contribution in [0.3, 0.4) is 0 Å². The third-order valence-electron chi connectivity index (χ3n) is 6.01. The Morgan fingerprint density at radius 2 is 1.76 bits per heavy atom. The van der Waals surface area contributed by atoms with E-state index in [1.54, 1.807) is 17.0 Å². The molecule has 0 radical (unpaired) electrons. The maximum Gasteiger partial charge on any atom is 0.254 e. The molecule has 0 bridgehead atoms. The van der Waals surface area contributed by atoms with Gasteiger partial charge in [0.15, 0.2) is 0 Å². The minimum absolute atomic E-state index is 0.0283. The van der Waals surface area contributed by atoms with Crippen LogP contribution in [-0.2, 0) is 9.47 Å². The van der Waals surface area contributed by atoms with E-state index in [0.29, 0.717) is 37.6 Å². The summed E-state index contributed by atoms with van der Waals surface area (Å²) >= 11 is 0. The fourth-order valence-corrected chi connectivity index (χ4v) is 4.03. The molecule has 9 nitrogen and oxygen atoms in total. The Bertz CT molecular complexity index is 975. The molecule has 0 spiro atoms. The number of aliphatic hydroxyl groups excluding tert-OH is 4. The Morgan fingerprint density at radius 3 is 2.45 bits per heavy atom. The van der Waals surface area contributed by atoms with Crippen molar-refractivity contribution in [2.75, 3.05) is 32.9 Å². The van der Waals surface area contributed by atoms with Gasteiger partial charge in [-0.25, -0.2) is 0 Å². The van der Waals surface area contributed by atoms with E-state index in [9.17, 15) is 25.2 Å². The number of benzene rings is 2. The molecule has 0 unspecified atom stereocenters. The molecule has 33 heavy (non-hydrogen) atoms. The van der Waals surface area contributed by atoms with Gasteiger partial charge in [0.25, 0.3) is 5.91 Å². The summed E-state index contributed by atoms with van der Waals surface area (Å²) in [6, 6.07) is 12.8. The number of hydrogen-bond donors (Lipinski definition) is 4. The van der Waals surface area contributed by atoms with E-state index >= 15 is 0 Å². The first kappa shape index (κ1) is 23.6. The first-order chi connectivity index (χ1) is 15.9. The summed E-state index contributed by atoms with van der Waals surface area (Å²) < 4.78 is 16.5. The summed E-state index contributed by atoms with van der Waals surface area (Å²) in [4.78, 5) is 14.6. The Balaban J connectivity index is 1.50. The number of carbonyl (C=O) groups excluding carboxylic acids is 1. The Kier molecular flexibility index (Phi) is 7.28. The van der Waals surface area contributed by atoms with Crippen molar-refractivity contribution >= 4 is 5.91 Å². The summed E-state index contributed by atoms with van der Waals surface area (Å²) in [5, 5.41) is 39.4. The highest BCUT2D eigenvalue weighted by molar-refractivity contribution is 5.95. The van der Waals surface area contributed by atoms with Gasteiger partial charge < -0.3 is 39.5 Å². The van der Waals surface area contributed by atoms with Gasteiger partial charge in [-0.2, -0.15) is 0 Å². The molecule has 9 heteroatoms. The van der Waals surface area contributed by atoms with Crippen LogP contribution in [0.15, 0.2) is 42.5 Å². The van der Waals surface area contributed by atoms with Crippen molar-refractivity contribution in [2.24, 2.45) is 0 Å². The molecule has 4 N–H and O–H groups in total. The zero-order chi connectivity index (χ0) is 23.5. The molecule has 4 rings (SSSR count). The number of morpholine rings is 1. The van der Waals surface area contributed by atoms with Crippen LogP contribution in [0, 0.1) is 6.92 Å². The predicted molar refractivity (Wildman–Crippen MR) is 118 cm³/mol. The standard InChI is InChI=1S/C24H29NO8/c1-14-11-16(15-3-2-4-17(12-15)23(30)25-7-9-31-10-8-25)5-6-18(14)32-24-22(29)21(28)20(27)19(13-26)33-24/h2-6,11-12,19-22,24,26-29H,7-10,13H2,1H3/t19-,20-,21+,22+,24+/m1/s1. The van der Waals surface area contributed by atoms with Gasteiger partial charge in [-0.15, -0.1) is 0 Å². The molecule has 178 valence electrons. The number of nitrogens with zero attached hydrogens (tertiary/aromatic N) is 1. The normalized spacial score (nSPS) is 27.9. The van der Waals surface area contributed by atoms with Crippen molar-refractivity contribution in [3.8, 4) is 16.9 Å². The second kappa shape index (κ2) is 10.2. The van der Waals surface area contributed by atoms with Gasteiger partial charge in [-0.1, -0.05) is 18.2 Å². The Morgan fingerprint density at radius 1 is 1.03 bits per heavy atom. The van der Waals surface area contributed by atoms with Crippen LogP contribution in [0.1, 0.15) is 15.9 Å². The number of rotatable bonds is 5. The molecule has 0 aliphatic carbocycles. The molecule has 2 aliphatic heterocycles. The monoisotopic (exact) mass is 459 g/mol. The van der Waals surface area contributed by atoms with Crippen LogP contribution in [0.5, 0.6) is 5.75 Å². The lowest BCUT2D eigenvalue weighted by molar-refractivity contribution is -0.277. The van der Waals surface area contributed by atoms with E-state index < -0.39 is 37.3 Å². The van der Waals surface area contributed by atoms with Gasteiger partial charge in [0, 0.05) is 18.7 Å². The molecular formula is C24H29NO8. The quantitative estimate of drug-likeness (QED) is 0.503. The number of amides is 1. The van der Waals surface area contributed by atoms with Crippen molar-refractivity contribution in [3.63, 3.8) is 0 Å². The van der Waals surface area contributed by atoms with Crippen molar-refractivity contribution in [1.29, 1.82) is 0 Å². The smallest absolute Gasteiger partial charge is 0.254 e. The summed E-state index contributed by atoms with van der Waals surface area (Å²) in [6.45, 7) is 3.53. The second-order valence-electron chi connectivity index (χ2n) is 8.28. The molecule has 2 fully saturated rings. The van der Waals surface area contributed by atoms with Crippen LogP contribution < -0.4 is 4.74 Å². The van der Waals surface area contributed by atoms with Gasteiger partial charge in [0.1, 0.15) is 30.2 Å². The van der Waals surface area contributed by atoms with Crippen LogP contribution in [0.25, 0.3) is 11.1 Å². The van der Waals surface area contributed by atoms with E-state index in [2.05, 4.69) is 0 Å². The molecule has 2 aliphatic rings. The largest absolute Gasteiger partial charge is 0.462 e.